The molecule has 0 fully saturated rings. The van der Waals surface area contributed by atoms with Crippen LogP contribution in [0.5, 0.6) is 5.75 Å². The second-order valence-electron chi connectivity index (χ2n) is 3.22. The van der Waals surface area contributed by atoms with E-state index in [9.17, 15) is 5.11 Å². The number of hydrogen-bond donors (Lipinski definition) is 1. The maximum atomic E-state index is 9.52. The minimum atomic E-state index is 0.281. The van der Waals surface area contributed by atoms with Crippen LogP contribution in [0.25, 0.3) is 0 Å². The molecular formula is C10H15OS+. The molecule has 0 aliphatic heterocycles. The van der Waals surface area contributed by atoms with Gasteiger partial charge in [-0.1, -0.05) is 0 Å². The molecule has 0 spiro atoms. The maximum absolute atomic E-state index is 9.52. The Morgan fingerprint density at radius 1 is 1.08 bits per heavy atom. The largest absolute Gasteiger partial charge is 0.507 e. The fraction of sp³-hybridized carbons (Fsp3) is 0.400. The van der Waals surface area contributed by atoms with E-state index in [1.807, 2.05) is 13.8 Å². The summed E-state index contributed by atoms with van der Waals surface area (Å²) in [6, 6.07) is 4.12. The molecule has 0 aromatic heterocycles. The molecule has 0 saturated carbocycles. The molecule has 66 valence electrons. The van der Waals surface area contributed by atoms with E-state index in [2.05, 4.69) is 24.6 Å². The first-order chi connectivity index (χ1) is 5.52. The van der Waals surface area contributed by atoms with Crippen LogP contribution in [0.3, 0.4) is 0 Å². The van der Waals surface area contributed by atoms with E-state index in [1.165, 1.54) is 4.90 Å². The van der Waals surface area contributed by atoms with Gasteiger partial charge in [-0.25, -0.2) is 0 Å². The van der Waals surface area contributed by atoms with E-state index in [-0.39, 0.29) is 10.9 Å². The molecule has 0 aliphatic carbocycles. The van der Waals surface area contributed by atoms with Crippen molar-refractivity contribution in [2.24, 2.45) is 0 Å². The number of rotatable bonds is 1. The molecular weight excluding hydrogens is 168 g/mol. The Labute approximate surface area is 76.8 Å². The highest BCUT2D eigenvalue weighted by Gasteiger charge is 2.11. The Bertz CT molecular complexity index is 269. The molecule has 0 aliphatic rings. The van der Waals surface area contributed by atoms with Gasteiger partial charge in [0.15, 0.2) is 4.90 Å². The zero-order valence-corrected chi connectivity index (χ0v) is 8.83. The van der Waals surface area contributed by atoms with E-state index in [0.29, 0.717) is 5.75 Å². The van der Waals surface area contributed by atoms with Crippen molar-refractivity contribution in [2.75, 3.05) is 12.5 Å². The van der Waals surface area contributed by atoms with E-state index in [1.54, 1.807) is 0 Å². The van der Waals surface area contributed by atoms with Crippen LogP contribution in [-0.2, 0) is 10.9 Å². The lowest BCUT2D eigenvalue weighted by molar-refractivity contribution is 0.466. The van der Waals surface area contributed by atoms with Crippen molar-refractivity contribution >= 4 is 10.9 Å². The molecule has 0 unspecified atom stereocenters. The summed E-state index contributed by atoms with van der Waals surface area (Å²) in [6.07, 6.45) is 4.37. The molecule has 0 heterocycles. The van der Waals surface area contributed by atoms with Crippen LogP contribution in [-0.4, -0.2) is 17.6 Å². The van der Waals surface area contributed by atoms with Crippen molar-refractivity contribution in [3.05, 3.63) is 23.3 Å². The van der Waals surface area contributed by atoms with Gasteiger partial charge in [-0.15, -0.1) is 0 Å². The Kier molecular flexibility index (Phi) is 2.68. The molecule has 1 rings (SSSR count). The first kappa shape index (κ1) is 9.46. The minimum absolute atomic E-state index is 0.281. The van der Waals surface area contributed by atoms with Gasteiger partial charge in [0.1, 0.15) is 18.3 Å². The van der Waals surface area contributed by atoms with Crippen LogP contribution in [0, 0.1) is 13.8 Å². The van der Waals surface area contributed by atoms with Gasteiger partial charge in [0.25, 0.3) is 0 Å². The van der Waals surface area contributed by atoms with Gasteiger partial charge in [-0.05, 0) is 37.1 Å². The van der Waals surface area contributed by atoms with Crippen molar-refractivity contribution in [1.82, 2.24) is 0 Å². The average Bonchev–Trinajstić information content (AvgIpc) is 1.99. The van der Waals surface area contributed by atoms with Crippen molar-refractivity contribution in [3.8, 4) is 5.75 Å². The summed E-state index contributed by atoms with van der Waals surface area (Å²) in [7, 11) is 0.281. The van der Waals surface area contributed by atoms with Crippen molar-refractivity contribution in [1.29, 1.82) is 0 Å². The number of hydrogen-bond acceptors (Lipinski definition) is 1. The summed E-state index contributed by atoms with van der Waals surface area (Å²) >= 11 is 0. The van der Waals surface area contributed by atoms with Gasteiger partial charge < -0.3 is 5.11 Å². The zero-order chi connectivity index (χ0) is 9.30. The SMILES string of the molecule is Cc1cc([S+](C)C)cc(C)c1O. The molecule has 0 saturated heterocycles. The summed E-state index contributed by atoms with van der Waals surface area (Å²) < 4.78 is 0. The smallest absolute Gasteiger partial charge is 0.155 e. The standard InChI is InChI=1S/C10H14OS/c1-7-5-9(12(3)4)6-8(2)10(7)11/h5-6H,1-4H3/p+1. The molecule has 0 radical (unpaired) electrons. The average molecular weight is 183 g/mol. The molecule has 1 aromatic carbocycles. The molecule has 2 heteroatoms. The molecule has 1 aromatic rings. The third-order valence-electron chi connectivity index (χ3n) is 1.94. The van der Waals surface area contributed by atoms with Gasteiger partial charge in [-0.2, -0.15) is 0 Å². The van der Waals surface area contributed by atoms with Gasteiger partial charge >= 0.3 is 0 Å². The summed E-state index contributed by atoms with van der Waals surface area (Å²) in [5.74, 6) is 0.434. The van der Waals surface area contributed by atoms with Gasteiger partial charge in [-0.3, -0.25) is 0 Å². The fourth-order valence-electron chi connectivity index (χ4n) is 1.15. The lowest BCUT2D eigenvalue weighted by Crippen LogP contribution is -1.97. The molecule has 0 amide bonds. The minimum Gasteiger partial charge on any atom is -0.507 e. The molecule has 0 bridgehead atoms. The normalized spacial score (nSPS) is 10.8. The lowest BCUT2D eigenvalue weighted by Gasteiger charge is -2.04. The molecule has 0 atom stereocenters. The first-order valence-electron chi connectivity index (χ1n) is 3.90. The topological polar surface area (TPSA) is 20.2 Å². The van der Waals surface area contributed by atoms with Gasteiger partial charge in [0.2, 0.25) is 0 Å². The number of aromatic hydroxyl groups is 1. The number of benzene rings is 1. The molecule has 1 nitrogen and oxygen atoms in total. The third kappa shape index (κ3) is 1.75. The summed E-state index contributed by atoms with van der Waals surface area (Å²) in [5, 5.41) is 9.52. The molecule has 1 N–H and O–H groups in total. The second kappa shape index (κ2) is 3.40. The molecule has 12 heavy (non-hydrogen) atoms. The van der Waals surface area contributed by atoms with Crippen molar-refractivity contribution in [2.45, 2.75) is 18.7 Å². The Morgan fingerprint density at radius 2 is 1.50 bits per heavy atom. The first-order valence-corrected chi connectivity index (χ1v) is 5.94. The summed E-state index contributed by atoms with van der Waals surface area (Å²) in [4.78, 5) is 1.32. The number of aryl methyl sites for hydroxylation is 2. The van der Waals surface area contributed by atoms with Crippen LogP contribution in [0.1, 0.15) is 11.1 Å². The van der Waals surface area contributed by atoms with Gasteiger partial charge in [0.05, 0.1) is 0 Å². The van der Waals surface area contributed by atoms with Crippen LogP contribution in [0.15, 0.2) is 17.0 Å². The summed E-state index contributed by atoms with van der Waals surface area (Å²) in [6.45, 7) is 3.89. The van der Waals surface area contributed by atoms with Crippen LogP contribution < -0.4 is 0 Å². The zero-order valence-electron chi connectivity index (χ0n) is 8.01. The third-order valence-corrected chi connectivity index (χ3v) is 3.11. The Hall–Kier alpha value is -0.630. The van der Waals surface area contributed by atoms with Crippen molar-refractivity contribution in [3.63, 3.8) is 0 Å². The quantitative estimate of drug-likeness (QED) is 0.662. The lowest BCUT2D eigenvalue weighted by atomic mass is 10.1. The number of phenols is 1. The van der Waals surface area contributed by atoms with E-state index < -0.39 is 0 Å². The highest BCUT2D eigenvalue weighted by Crippen LogP contribution is 2.25. The Balaban J connectivity index is 3.21. The van der Waals surface area contributed by atoms with Crippen molar-refractivity contribution < 1.29 is 5.11 Å². The number of phenolic OH excluding ortho intramolecular Hbond substituents is 1. The summed E-state index contributed by atoms with van der Waals surface area (Å²) in [5.41, 5.74) is 1.96. The fourth-order valence-corrected chi connectivity index (χ4v) is 1.98. The predicted molar refractivity (Wildman–Crippen MR) is 55.1 cm³/mol. The van der Waals surface area contributed by atoms with Crippen LogP contribution in [0.2, 0.25) is 0 Å². The monoisotopic (exact) mass is 183 g/mol. The predicted octanol–water partition coefficient (Wildman–Crippen LogP) is 2.25. The van der Waals surface area contributed by atoms with E-state index in [4.69, 9.17) is 0 Å². The van der Waals surface area contributed by atoms with Crippen LogP contribution >= 0.6 is 0 Å². The highest BCUT2D eigenvalue weighted by molar-refractivity contribution is 7.95. The maximum Gasteiger partial charge on any atom is 0.155 e. The van der Waals surface area contributed by atoms with E-state index >= 15 is 0 Å². The Morgan fingerprint density at radius 3 is 1.83 bits per heavy atom. The van der Waals surface area contributed by atoms with E-state index in [0.717, 1.165) is 11.1 Å². The van der Waals surface area contributed by atoms with Crippen LogP contribution in [0.4, 0.5) is 0 Å². The second-order valence-corrected chi connectivity index (χ2v) is 5.33. The van der Waals surface area contributed by atoms with Gasteiger partial charge in [0, 0.05) is 10.9 Å². The highest BCUT2D eigenvalue weighted by atomic mass is 32.2.